The lowest BCUT2D eigenvalue weighted by Crippen LogP contribution is -2.36. The van der Waals surface area contributed by atoms with E-state index >= 15 is 0 Å². The summed E-state index contributed by atoms with van der Waals surface area (Å²) in [6, 6.07) is 14.4. The van der Waals surface area contributed by atoms with E-state index < -0.39 is 10.1 Å². The Morgan fingerprint density at radius 2 is 1.97 bits per heavy atom. The van der Waals surface area contributed by atoms with Crippen LogP contribution in [0.4, 0.5) is 5.69 Å². The van der Waals surface area contributed by atoms with E-state index in [0.717, 1.165) is 30.5 Å². The molecule has 29 heavy (non-hydrogen) atoms. The van der Waals surface area contributed by atoms with Crippen LogP contribution in [0.15, 0.2) is 42.5 Å². The monoisotopic (exact) mass is 453 g/mol. The fourth-order valence-corrected chi connectivity index (χ4v) is 5.58. The Morgan fingerprint density at radius 3 is 2.59 bits per heavy atom. The Kier molecular flexibility index (Phi) is 7.20. The van der Waals surface area contributed by atoms with Gasteiger partial charge in [0, 0.05) is 34.3 Å². The van der Waals surface area contributed by atoms with Crippen molar-refractivity contribution in [1.82, 2.24) is 0 Å². The first-order valence-corrected chi connectivity index (χ1v) is 13.3. The van der Waals surface area contributed by atoms with Crippen LogP contribution >= 0.6 is 23.4 Å². The molecule has 2 aromatic rings. The first-order valence-electron chi connectivity index (χ1n) is 9.76. The average molecular weight is 454 g/mol. The molecule has 1 aliphatic heterocycles. The number of hydrogen-bond donors (Lipinski definition) is 1. The molecule has 2 unspecified atom stereocenters. The van der Waals surface area contributed by atoms with Crippen LogP contribution in [-0.2, 0) is 25.5 Å². The highest BCUT2D eigenvalue weighted by Gasteiger charge is 2.43. The summed E-state index contributed by atoms with van der Waals surface area (Å²) < 4.78 is 28.3. The van der Waals surface area contributed by atoms with Gasteiger partial charge in [-0.3, -0.25) is 4.18 Å². The summed E-state index contributed by atoms with van der Waals surface area (Å²) in [6.45, 7) is 3.14. The van der Waals surface area contributed by atoms with E-state index in [1.54, 1.807) is 0 Å². The molecule has 0 saturated carbocycles. The molecule has 4 nitrogen and oxygen atoms in total. The Labute approximate surface area is 183 Å². The SMILES string of the molecule is CCC(CCOS(C)(=O)=O)(c1ccc(Cl)cc1)C1CNc2c(CSC)cccc21. The van der Waals surface area contributed by atoms with E-state index in [9.17, 15) is 8.42 Å². The molecule has 0 radical (unpaired) electrons. The molecule has 2 aromatic carbocycles. The van der Waals surface area contributed by atoms with Gasteiger partial charge in [-0.15, -0.1) is 0 Å². The van der Waals surface area contributed by atoms with Gasteiger partial charge in [-0.2, -0.15) is 20.2 Å². The Hall–Kier alpha value is -1.21. The number of thioether (sulfide) groups is 1. The van der Waals surface area contributed by atoms with Crippen LogP contribution in [0.5, 0.6) is 0 Å². The molecular formula is C22H28ClNO3S2. The molecule has 0 aliphatic carbocycles. The molecule has 0 aromatic heterocycles. The summed E-state index contributed by atoms with van der Waals surface area (Å²) in [4.78, 5) is 0. The summed E-state index contributed by atoms with van der Waals surface area (Å²) >= 11 is 7.96. The molecule has 0 amide bonds. The van der Waals surface area contributed by atoms with Crippen LogP contribution in [0.2, 0.25) is 5.02 Å². The van der Waals surface area contributed by atoms with Crippen LogP contribution in [0.1, 0.15) is 42.4 Å². The van der Waals surface area contributed by atoms with Crippen molar-refractivity contribution in [2.75, 3.05) is 31.0 Å². The first-order chi connectivity index (χ1) is 13.8. The number of fused-ring (bicyclic) bond motifs is 1. The quantitative estimate of drug-likeness (QED) is 0.513. The number of hydrogen-bond acceptors (Lipinski definition) is 5. The minimum Gasteiger partial charge on any atom is -0.384 e. The molecule has 1 heterocycles. The summed E-state index contributed by atoms with van der Waals surface area (Å²) in [5.74, 6) is 1.17. The maximum absolute atomic E-state index is 11.6. The van der Waals surface area contributed by atoms with E-state index in [-0.39, 0.29) is 17.9 Å². The van der Waals surface area contributed by atoms with Gasteiger partial charge in [0.05, 0.1) is 12.9 Å². The largest absolute Gasteiger partial charge is 0.384 e. The smallest absolute Gasteiger partial charge is 0.264 e. The van der Waals surface area contributed by atoms with E-state index in [1.807, 2.05) is 23.9 Å². The van der Waals surface area contributed by atoms with E-state index in [0.29, 0.717) is 11.4 Å². The number of rotatable bonds is 9. The number of anilines is 1. The summed E-state index contributed by atoms with van der Waals surface area (Å²) in [5, 5.41) is 4.33. The van der Waals surface area contributed by atoms with Gasteiger partial charge in [0.1, 0.15) is 0 Å². The van der Waals surface area contributed by atoms with Crippen molar-refractivity contribution in [3.63, 3.8) is 0 Å². The topological polar surface area (TPSA) is 55.4 Å². The average Bonchev–Trinajstić information content (AvgIpc) is 3.11. The van der Waals surface area contributed by atoms with Gasteiger partial charge in [0.15, 0.2) is 0 Å². The van der Waals surface area contributed by atoms with Gasteiger partial charge in [-0.25, -0.2) is 0 Å². The van der Waals surface area contributed by atoms with Crippen molar-refractivity contribution in [3.05, 3.63) is 64.2 Å². The normalized spacial score (nSPS) is 18.1. The summed E-state index contributed by atoms with van der Waals surface area (Å²) in [6.07, 6.45) is 4.68. The van der Waals surface area contributed by atoms with Gasteiger partial charge in [-0.1, -0.05) is 48.9 Å². The zero-order valence-corrected chi connectivity index (χ0v) is 19.5. The van der Waals surface area contributed by atoms with Crippen LogP contribution < -0.4 is 5.32 Å². The maximum atomic E-state index is 11.6. The van der Waals surface area contributed by atoms with Crippen LogP contribution in [0, 0.1) is 0 Å². The minimum atomic E-state index is -3.48. The van der Waals surface area contributed by atoms with E-state index in [2.05, 4.69) is 48.8 Å². The minimum absolute atomic E-state index is 0.158. The second-order valence-corrected chi connectivity index (χ2v) is 10.5. The third-order valence-electron chi connectivity index (χ3n) is 5.90. The molecule has 0 bridgehead atoms. The Bertz CT molecular complexity index is 947. The van der Waals surface area contributed by atoms with Crippen molar-refractivity contribution < 1.29 is 12.6 Å². The third-order valence-corrected chi connectivity index (χ3v) is 7.35. The number of nitrogens with one attached hydrogen (secondary N) is 1. The second kappa shape index (κ2) is 9.29. The number of benzene rings is 2. The molecule has 0 fully saturated rings. The van der Waals surface area contributed by atoms with Crippen molar-refractivity contribution in [2.45, 2.75) is 36.9 Å². The molecule has 158 valence electrons. The lowest BCUT2D eigenvalue weighted by atomic mass is 9.64. The van der Waals surface area contributed by atoms with Gasteiger partial charge in [0.25, 0.3) is 10.1 Å². The Balaban J connectivity index is 2.04. The highest BCUT2D eigenvalue weighted by molar-refractivity contribution is 7.97. The summed E-state index contributed by atoms with van der Waals surface area (Å²) in [5.41, 5.74) is 4.74. The maximum Gasteiger partial charge on any atom is 0.264 e. The molecule has 3 rings (SSSR count). The van der Waals surface area contributed by atoms with Crippen molar-refractivity contribution >= 4 is 39.2 Å². The van der Waals surface area contributed by atoms with Gasteiger partial charge in [-0.05, 0) is 47.9 Å². The van der Waals surface area contributed by atoms with Gasteiger partial charge >= 0.3 is 0 Å². The Morgan fingerprint density at radius 1 is 1.24 bits per heavy atom. The molecule has 7 heteroatoms. The molecule has 0 spiro atoms. The van der Waals surface area contributed by atoms with E-state index in [4.69, 9.17) is 15.8 Å². The number of halogens is 1. The van der Waals surface area contributed by atoms with Gasteiger partial charge in [0.2, 0.25) is 0 Å². The predicted molar refractivity (Wildman–Crippen MR) is 124 cm³/mol. The molecule has 0 saturated heterocycles. The lowest BCUT2D eigenvalue weighted by Gasteiger charge is -2.39. The van der Waals surface area contributed by atoms with E-state index in [1.165, 1.54) is 16.8 Å². The zero-order chi connectivity index (χ0) is 21.1. The number of para-hydroxylation sites is 1. The highest BCUT2D eigenvalue weighted by Crippen LogP contribution is 2.50. The van der Waals surface area contributed by atoms with Crippen LogP contribution in [-0.4, -0.2) is 34.1 Å². The van der Waals surface area contributed by atoms with Crippen molar-refractivity contribution in [3.8, 4) is 0 Å². The van der Waals surface area contributed by atoms with Crippen LogP contribution in [0.3, 0.4) is 0 Å². The molecule has 1 aliphatic rings. The summed E-state index contributed by atoms with van der Waals surface area (Å²) in [7, 11) is -3.48. The standard InChI is InChI=1S/C22H28ClNO3S2/c1-4-22(12-13-27-29(3,25)26,17-8-10-18(23)11-9-17)20-14-24-21-16(15-28-2)6-5-7-19(20)21/h5-11,20,24H,4,12-15H2,1-3H3. The van der Waals surface area contributed by atoms with Crippen molar-refractivity contribution in [1.29, 1.82) is 0 Å². The highest BCUT2D eigenvalue weighted by atomic mass is 35.5. The fraction of sp³-hybridized carbons (Fsp3) is 0.455. The van der Waals surface area contributed by atoms with Crippen molar-refractivity contribution in [2.24, 2.45) is 0 Å². The third kappa shape index (κ3) is 4.93. The second-order valence-electron chi connectivity index (χ2n) is 7.54. The fourth-order valence-electron chi connectivity index (χ4n) is 4.51. The van der Waals surface area contributed by atoms with Crippen LogP contribution in [0.25, 0.3) is 0 Å². The lowest BCUT2D eigenvalue weighted by molar-refractivity contribution is 0.233. The molecular weight excluding hydrogens is 426 g/mol. The first kappa shape index (κ1) is 22.5. The molecule has 1 N–H and O–H groups in total. The molecule has 2 atom stereocenters. The predicted octanol–water partition coefficient (Wildman–Crippen LogP) is 5.43. The zero-order valence-electron chi connectivity index (χ0n) is 17.1. The van der Waals surface area contributed by atoms with Gasteiger partial charge < -0.3 is 5.32 Å².